The molecule has 1 N–H and O–H groups in total. The van der Waals surface area contributed by atoms with E-state index in [0.29, 0.717) is 17.9 Å². The third-order valence-electron chi connectivity index (χ3n) is 6.63. The van der Waals surface area contributed by atoms with E-state index < -0.39 is 5.92 Å². The fourth-order valence-corrected chi connectivity index (χ4v) is 4.95. The minimum absolute atomic E-state index is 0.0334. The molecule has 8 heteroatoms. The van der Waals surface area contributed by atoms with Gasteiger partial charge in [0.15, 0.2) is 5.78 Å². The molecule has 0 bridgehead atoms. The average Bonchev–Trinajstić information content (AvgIpc) is 3.15. The number of hydrogen-bond acceptors (Lipinski definition) is 5. The second-order valence-electron chi connectivity index (χ2n) is 9.89. The minimum Gasteiger partial charge on any atom is -0.356 e. The molecule has 0 unspecified atom stereocenters. The van der Waals surface area contributed by atoms with Gasteiger partial charge in [0.2, 0.25) is 0 Å². The van der Waals surface area contributed by atoms with Crippen molar-refractivity contribution in [2.24, 2.45) is 5.41 Å². The molecule has 0 spiro atoms. The second-order valence-corrected chi connectivity index (χ2v) is 9.89. The van der Waals surface area contributed by atoms with Gasteiger partial charge in [-0.2, -0.15) is 5.10 Å². The predicted octanol–water partition coefficient (Wildman–Crippen LogP) is 4.75. The zero-order valence-electron chi connectivity index (χ0n) is 18.4. The molecule has 0 aromatic carbocycles. The number of carbonyl (C=O) groups excluding carboxylic acids is 1. The first-order valence-electron chi connectivity index (χ1n) is 11.2. The highest BCUT2D eigenvalue weighted by Crippen LogP contribution is 2.41. The molecule has 5 rings (SSSR count). The van der Waals surface area contributed by atoms with Crippen LogP contribution in [0.1, 0.15) is 57.2 Å². The summed E-state index contributed by atoms with van der Waals surface area (Å²) < 4.78 is 27.1. The zero-order chi connectivity index (χ0) is 22.5. The predicted molar refractivity (Wildman–Crippen MR) is 118 cm³/mol. The number of halogens is 2. The number of aromatic amines is 1. The summed E-state index contributed by atoms with van der Waals surface area (Å²) in [4.78, 5) is 22.9. The molecular weight excluding hydrogens is 412 g/mol. The molecule has 2 aromatic heterocycles. The Balaban J connectivity index is 1.45. The fourth-order valence-electron chi connectivity index (χ4n) is 4.95. The summed E-state index contributed by atoms with van der Waals surface area (Å²) >= 11 is 0. The first-order chi connectivity index (χ1) is 15.2. The quantitative estimate of drug-likeness (QED) is 0.747. The van der Waals surface area contributed by atoms with E-state index in [1.165, 1.54) is 11.9 Å². The van der Waals surface area contributed by atoms with E-state index in [-0.39, 0.29) is 37.1 Å². The first kappa shape index (κ1) is 21.0. The lowest BCUT2D eigenvalue weighted by molar-refractivity contribution is -0.117. The van der Waals surface area contributed by atoms with Crippen LogP contribution in [-0.2, 0) is 11.2 Å². The number of nitrogens with one attached hydrogen (secondary N) is 1. The van der Waals surface area contributed by atoms with Gasteiger partial charge in [0.25, 0.3) is 5.92 Å². The summed E-state index contributed by atoms with van der Waals surface area (Å²) in [5.74, 6) is -1.77. The average molecular weight is 440 g/mol. The van der Waals surface area contributed by atoms with E-state index in [4.69, 9.17) is 0 Å². The lowest BCUT2D eigenvalue weighted by Crippen LogP contribution is -2.39. The van der Waals surface area contributed by atoms with Gasteiger partial charge in [-0.15, -0.1) is 0 Å². The van der Waals surface area contributed by atoms with Crippen LogP contribution in [0.5, 0.6) is 0 Å². The van der Waals surface area contributed by atoms with Gasteiger partial charge in [-0.25, -0.2) is 18.7 Å². The molecule has 3 heterocycles. The Bertz CT molecular complexity index is 1120. The largest absolute Gasteiger partial charge is 0.356 e. The molecule has 6 nitrogen and oxygen atoms in total. The number of ketones is 1. The van der Waals surface area contributed by atoms with Crippen molar-refractivity contribution in [3.05, 3.63) is 40.9 Å². The van der Waals surface area contributed by atoms with Crippen LogP contribution in [0, 0.1) is 5.41 Å². The van der Waals surface area contributed by atoms with Crippen molar-refractivity contribution in [1.29, 1.82) is 0 Å². The highest BCUT2D eigenvalue weighted by Gasteiger charge is 2.35. The SMILES string of the molecule is CC1(C)CC(=O)C=C(C2=Cc3c(-c4cc(N5CCC(F)(F)CC5)ncn4)n[nH]c3CC2)C1. The van der Waals surface area contributed by atoms with Crippen molar-refractivity contribution in [3.8, 4) is 11.4 Å². The van der Waals surface area contributed by atoms with Crippen molar-refractivity contribution in [1.82, 2.24) is 20.2 Å². The normalized spacial score (nSPS) is 22.2. The molecule has 0 atom stereocenters. The maximum Gasteiger partial charge on any atom is 0.251 e. The number of allylic oxidation sites excluding steroid dienone is 3. The van der Waals surface area contributed by atoms with E-state index in [1.807, 2.05) is 11.0 Å². The second kappa shape index (κ2) is 7.60. The number of alkyl halides is 2. The fraction of sp³-hybridized carbons (Fsp3) is 0.500. The third-order valence-corrected chi connectivity index (χ3v) is 6.63. The molecule has 0 radical (unpaired) electrons. The smallest absolute Gasteiger partial charge is 0.251 e. The van der Waals surface area contributed by atoms with Crippen LogP contribution >= 0.6 is 0 Å². The molecule has 0 saturated carbocycles. The molecule has 1 aliphatic heterocycles. The lowest BCUT2D eigenvalue weighted by atomic mass is 9.73. The number of piperidine rings is 1. The van der Waals surface area contributed by atoms with Gasteiger partial charge in [-0.3, -0.25) is 9.89 Å². The number of hydrogen-bond donors (Lipinski definition) is 1. The van der Waals surface area contributed by atoms with Gasteiger partial charge < -0.3 is 4.90 Å². The summed E-state index contributed by atoms with van der Waals surface area (Å²) in [5.41, 5.74) is 5.67. The van der Waals surface area contributed by atoms with Crippen molar-refractivity contribution in [2.45, 2.75) is 58.3 Å². The van der Waals surface area contributed by atoms with Crippen LogP contribution in [0.25, 0.3) is 17.5 Å². The first-order valence-corrected chi connectivity index (χ1v) is 11.2. The number of aromatic nitrogens is 4. The number of fused-ring (bicyclic) bond motifs is 1. The van der Waals surface area contributed by atoms with E-state index in [0.717, 1.165) is 41.8 Å². The number of aryl methyl sites for hydroxylation is 1. The Labute approximate surface area is 185 Å². The summed E-state index contributed by atoms with van der Waals surface area (Å²) in [6, 6.07) is 1.83. The lowest BCUT2D eigenvalue weighted by Gasteiger charge is -2.32. The van der Waals surface area contributed by atoms with Crippen LogP contribution < -0.4 is 4.90 Å². The van der Waals surface area contributed by atoms with Crippen LogP contribution in [0.15, 0.2) is 29.6 Å². The van der Waals surface area contributed by atoms with Gasteiger partial charge in [0, 0.05) is 49.7 Å². The van der Waals surface area contributed by atoms with Crippen molar-refractivity contribution >= 4 is 17.7 Å². The summed E-state index contributed by atoms with van der Waals surface area (Å²) in [6.45, 7) is 4.80. The van der Waals surface area contributed by atoms with Gasteiger partial charge in [-0.1, -0.05) is 13.8 Å². The van der Waals surface area contributed by atoms with Crippen molar-refractivity contribution in [2.75, 3.05) is 18.0 Å². The Morgan fingerprint density at radius 2 is 1.81 bits per heavy atom. The Kier molecular flexibility index (Phi) is 4.98. The molecule has 168 valence electrons. The topological polar surface area (TPSA) is 74.8 Å². The Morgan fingerprint density at radius 1 is 1.03 bits per heavy atom. The summed E-state index contributed by atoms with van der Waals surface area (Å²) in [7, 11) is 0. The van der Waals surface area contributed by atoms with E-state index >= 15 is 0 Å². The molecular formula is C24H27F2N5O. The van der Waals surface area contributed by atoms with E-state index in [9.17, 15) is 13.6 Å². The number of anilines is 1. The van der Waals surface area contributed by atoms with Gasteiger partial charge in [0.05, 0.1) is 5.69 Å². The Hall–Kier alpha value is -2.90. The Morgan fingerprint density at radius 3 is 2.56 bits per heavy atom. The summed E-state index contributed by atoms with van der Waals surface area (Å²) in [5, 5.41) is 7.64. The molecule has 2 aromatic rings. The van der Waals surface area contributed by atoms with Gasteiger partial charge in [0.1, 0.15) is 17.8 Å². The number of nitrogens with zero attached hydrogens (tertiary/aromatic N) is 4. The van der Waals surface area contributed by atoms with Crippen LogP contribution in [0.3, 0.4) is 0 Å². The monoisotopic (exact) mass is 439 g/mol. The molecule has 1 saturated heterocycles. The van der Waals surface area contributed by atoms with Gasteiger partial charge >= 0.3 is 0 Å². The van der Waals surface area contributed by atoms with Crippen LogP contribution in [-0.4, -0.2) is 45.0 Å². The van der Waals surface area contributed by atoms with E-state index in [1.54, 1.807) is 6.08 Å². The minimum atomic E-state index is -2.60. The third kappa shape index (κ3) is 4.10. The number of carbonyl (C=O) groups is 1. The van der Waals surface area contributed by atoms with Gasteiger partial charge in [-0.05, 0) is 48.0 Å². The van der Waals surface area contributed by atoms with E-state index in [2.05, 4.69) is 40.1 Å². The van der Waals surface area contributed by atoms with Crippen LogP contribution in [0.2, 0.25) is 0 Å². The molecule has 2 aliphatic carbocycles. The van der Waals surface area contributed by atoms with Crippen molar-refractivity contribution in [3.63, 3.8) is 0 Å². The standard InChI is InChI=1S/C24H27F2N5O/c1-23(2)12-16(9-17(32)13-23)15-3-4-19-18(10-15)22(30-29-19)20-11-21(28-14-27-20)31-7-5-24(25,26)6-8-31/h9-11,14H,3-8,12-13H2,1-2H3,(H,29,30). The highest BCUT2D eigenvalue weighted by atomic mass is 19.3. The van der Waals surface area contributed by atoms with Crippen molar-refractivity contribution < 1.29 is 13.6 Å². The molecule has 32 heavy (non-hydrogen) atoms. The number of H-pyrrole nitrogens is 1. The maximum absolute atomic E-state index is 13.5. The van der Waals surface area contributed by atoms with Crippen LogP contribution in [0.4, 0.5) is 14.6 Å². The summed E-state index contributed by atoms with van der Waals surface area (Å²) in [6.07, 6.45) is 8.21. The molecule has 1 fully saturated rings. The molecule has 0 amide bonds. The number of rotatable bonds is 3. The molecule has 3 aliphatic rings. The highest BCUT2D eigenvalue weighted by molar-refractivity contribution is 5.93. The zero-order valence-corrected chi connectivity index (χ0v) is 18.4. The maximum atomic E-state index is 13.5.